The van der Waals surface area contributed by atoms with E-state index in [0.29, 0.717) is 5.52 Å². The standard InChI is InChI=1S/C17H17NO3S/c1-13(19)15-8-5-9-17-16(15)10-11-18(17)22(20,21)12-14-6-3-2-4-7-14/h2-11,13,19H,12H2,1H3. The second-order valence-electron chi connectivity index (χ2n) is 5.31. The van der Waals surface area contributed by atoms with Gasteiger partial charge in [-0.15, -0.1) is 0 Å². The third-order valence-electron chi connectivity index (χ3n) is 3.67. The molecule has 5 heteroatoms. The van der Waals surface area contributed by atoms with Crippen molar-refractivity contribution < 1.29 is 13.5 Å². The molecule has 0 fully saturated rings. The molecule has 1 N–H and O–H groups in total. The highest BCUT2D eigenvalue weighted by molar-refractivity contribution is 7.89. The largest absolute Gasteiger partial charge is 0.389 e. The monoisotopic (exact) mass is 315 g/mol. The minimum absolute atomic E-state index is 0.0590. The normalized spacial score (nSPS) is 13.4. The third-order valence-corrected chi connectivity index (χ3v) is 5.29. The molecule has 1 unspecified atom stereocenters. The molecule has 0 saturated carbocycles. The minimum atomic E-state index is -3.50. The quantitative estimate of drug-likeness (QED) is 0.805. The Bertz CT molecular complexity index is 896. The van der Waals surface area contributed by atoms with Crippen LogP contribution in [0.4, 0.5) is 0 Å². The van der Waals surface area contributed by atoms with Crippen molar-refractivity contribution in [3.63, 3.8) is 0 Å². The average molecular weight is 315 g/mol. The molecule has 0 bridgehead atoms. The molecule has 0 aliphatic rings. The van der Waals surface area contributed by atoms with Crippen LogP contribution >= 0.6 is 0 Å². The lowest BCUT2D eigenvalue weighted by molar-refractivity contribution is 0.201. The number of aromatic nitrogens is 1. The lowest BCUT2D eigenvalue weighted by Gasteiger charge is -2.10. The summed E-state index contributed by atoms with van der Waals surface area (Å²) in [5.41, 5.74) is 2.07. The van der Waals surface area contributed by atoms with Gasteiger partial charge in [-0.05, 0) is 30.2 Å². The number of aliphatic hydroxyl groups is 1. The minimum Gasteiger partial charge on any atom is -0.389 e. The molecule has 0 radical (unpaired) electrons. The summed E-state index contributed by atoms with van der Waals surface area (Å²) < 4.78 is 26.6. The molecule has 2 aromatic carbocycles. The van der Waals surface area contributed by atoms with Gasteiger partial charge in [-0.2, -0.15) is 0 Å². The highest BCUT2D eigenvalue weighted by Crippen LogP contribution is 2.26. The van der Waals surface area contributed by atoms with Crippen molar-refractivity contribution in [3.05, 3.63) is 71.9 Å². The Morgan fingerprint density at radius 3 is 2.45 bits per heavy atom. The van der Waals surface area contributed by atoms with Crippen LogP contribution in [0.3, 0.4) is 0 Å². The van der Waals surface area contributed by atoms with Crippen LogP contribution in [0.1, 0.15) is 24.2 Å². The fourth-order valence-corrected chi connectivity index (χ4v) is 4.09. The van der Waals surface area contributed by atoms with Crippen LogP contribution in [-0.4, -0.2) is 17.5 Å². The molecule has 114 valence electrons. The Hall–Kier alpha value is -2.11. The Morgan fingerprint density at radius 2 is 1.77 bits per heavy atom. The van der Waals surface area contributed by atoms with Crippen molar-refractivity contribution in [2.45, 2.75) is 18.8 Å². The SMILES string of the molecule is CC(O)c1cccc2c1ccn2S(=O)(=O)Cc1ccccc1. The van der Waals surface area contributed by atoms with Crippen molar-refractivity contribution in [1.82, 2.24) is 3.97 Å². The fraction of sp³-hybridized carbons (Fsp3) is 0.176. The fourth-order valence-electron chi connectivity index (χ4n) is 2.63. The van der Waals surface area contributed by atoms with E-state index in [9.17, 15) is 13.5 Å². The Morgan fingerprint density at radius 1 is 1.05 bits per heavy atom. The molecule has 1 aromatic heterocycles. The van der Waals surface area contributed by atoms with Crippen molar-refractivity contribution >= 4 is 20.9 Å². The zero-order valence-electron chi connectivity index (χ0n) is 12.2. The number of aliphatic hydroxyl groups excluding tert-OH is 1. The summed E-state index contributed by atoms with van der Waals surface area (Å²) in [6.45, 7) is 1.67. The molecule has 3 rings (SSSR count). The zero-order chi connectivity index (χ0) is 15.7. The summed E-state index contributed by atoms with van der Waals surface area (Å²) in [5, 5.41) is 10.6. The average Bonchev–Trinajstić information content (AvgIpc) is 2.92. The number of benzene rings is 2. The molecule has 0 amide bonds. The lowest BCUT2D eigenvalue weighted by atomic mass is 10.1. The smallest absolute Gasteiger partial charge is 0.243 e. The predicted octanol–water partition coefficient (Wildman–Crippen LogP) is 3.07. The van der Waals surface area contributed by atoms with E-state index >= 15 is 0 Å². The summed E-state index contributed by atoms with van der Waals surface area (Å²) in [5.74, 6) is -0.0590. The summed E-state index contributed by atoms with van der Waals surface area (Å²) in [4.78, 5) is 0. The Kier molecular flexibility index (Phi) is 3.76. The molecule has 4 nitrogen and oxygen atoms in total. The summed E-state index contributed by atoms with van der Waals surface area (Å²) in [6, 6.07) is 16.2. The number of hydrogen-bond donors (Lipinski definition) is 1. The van der Waals surface area contributed by atoms with Gasteiger partial charge in [0, 0.05) is 11.6 Å². The molecular formula is C17H17NO3S. The van der Waals surface area contributed by atoms with E-state index in [4.69, 9.17) is 0 Å². The van der Waals surface area contributed by atoms with Gasteiger partial charge < -0.3 is 5.11 Å². The van der Waals surface area contributed by atoms with Gasteiger partial charge in [0.25, 0.3) is 0 Å². The van der Waals surface area contributed by atoms with Gasteiger partial charge in [0.2, 0.25) is 10.0 Å². The summed E-state index contributed by atoms with van der Waals surface area (Å²) >= 11 is 0. The van der Waals surface area contributed by atoms with E-state index in [1.165, 1.54) is 3.97 Å². The van der Waals surface area contributed by atoms with Gasteiger partial charge in [0.1, 0.15) is 0 Å². The zero-order valence-corrected chi connectivity index (χ0v) is 13.0. The maximum atomic E-state index is 12.7. The first-order chi connectivity index (χ1) is 10.5. The molecule has 1 atom stereocenters. The predicted molar refractivity (Wildman–Crippen MR) is 87.0 cm³/mol. The van der Waals surface area contributed by atoms with Gasteiger partial charge in [-0.25, -0.2) is 12.4 Å². The van der Waals surface area contributed by atoms with Crippen LogP contribution < -0.4 is 0 Å². The van der Waals surface area contributed by atoms with E-state index in [2.05, 4.69) is 0 Å². The maximum Gasteiger partial charge on any atom is 0.243 e. The first-order valence-electron chi connectivity index (χ1n) is 7.04. The van der Waals surface area contributed by atoms with E-state index in [-0.39, 0.29) is 5.75 Å². The molecule has 1 heterocycles. The van der Waals surface area contributed by atoms with Crippen LogP contribution in [0.25, 0.3) is 10.9 Å². The molecule has 3 aromatic rings. The molecule has 0 spiro atoms. The van der Waals surface area contributed by atoms with Crippen LogP contribution in [0.5, 0.6) is 0 Å². The third kappa shape index (κ3) is 2.65. The van der Waals surface area contributed by atoms with Crippen molar-refractivity contribution in [2.24, 2.45) is 0 Å². The number of nitrogens with zero attached hydrogens (tertiary/aromatic N) is 1. The van der Waals surface area contributed by atoms with Crippen molar-refractivity contribution in [3.8, 4) is 0 Å². The van der Waals surface area contributed by atoms with Gasteiger partial charge in [-0.1, -0.05) is 42.5 Å². The number of hydrogen-bond acceptors (Lipinski definition) is 3. The van der Waals surface area contributed by atoms with Gasteiger partial charge >= 0.3 is 0 Å². The molecule has 0 aliphatic carbocycles. The van der Waals surface area contributed by atoms with Crippen molar-refractivity contribution in [2.75, 3.05) is 0 Å². The van der Waals surface area contributed by atoms with Gasteiger partial charge in [0.15, 0.2) is 0 Å². The van der Waals surface area contributed by atoms with Crippen molar-refractivity contribution in [1.29, 1.82) is 0 Å². The van der Waals surface area contributed by atoms with E-state index in [0.717, 1.165) is 16.5 Å². The van der Waals surface area contributed by atoms with E-state index in [1.807, 2.05) is 18.2 Å². The van der Waals surface area contributed by atoms with E-state index in [1.54, 1.807) is 49.5 Å². The topological polar surface area (TPSA) is 59.3 Å². The number of rotatable bonds is 4. The van der Waals surface area contributed by atoms with Gasteiger partial charge in [-0.3, -0.25) is 0 Å². The van der Waals surface area contributed by atoms with Gasteiger partial charge in [0.05, 0.1) is 17.4 Å². The number of fused-ring (bicyclic) bond motifs is 1. The highest BCUT2D eigenvalue weighted by Gasteiger charge is 2.18. The molecule has 22 heavy (non-hydrogen) atoms. The second kappa shape index (κ2) is 5.59. The van der Waals surface area contributed by atoms with Crippen LogP contribution in [-0.2, 0) is 15.8 Å². The van der Waals surface area contributed by atoms with E-state index < -0.39 is 16.1 Å². The molecule has 0 aliphatic heterocycles. The lowest BCUT2D eigenvalue weighted by Crippen LogP contribution is -2.14. The first-order valence-corrected chi connectivity index (χ1v) is 8.65. The summed E-state index contributed by atoms with van der Waals surface area (Å²) in [7, 11) is -3.50. The highest BCUT2D eigenvalue weighted by atomic mass is 32.2. The van der Waals surface area contributed by atoms with Crippen LogP contribution in [0.2, 0.25) is 0 Å². The van der Waals surface area contributed by atoms with Crippen LogP contribution in [0, 0.1) is 0 Å². The first kappa shape index (κ1) is 14.8. The molecule has 0 saturated heterocycles. The maximum absolute atomic E-state index is 12.7. The molecular weight excluding hydrogens is 298 g/mol. The van der Waals surface area contributed by atoms with Crippen LogP contribution in [0.15, 0.2) is 60.8 Å². The Labute approximate surface area is 129 Å². The Balaban J connectivity index is 2.08. The second-order valence-corrected chi connectivity index (χ2v) is 7.16. The summed E-state index contributed by atoms with van der Waals surface area (Å²) in [6.07, 6.45) is 0.908.